The number of piperidine rings is 1. The van der Waals surface area contributed by atoms with Crippen LogP contribution >= 0.6 is 0 Å². The fourth-order valence-corrected chi connectivity index (χ4v) is 3.15. The van der Waals surface area contributed by atoms with E-state index in [9.17, 15) is 14.4 Å². The van der Waals surface area contributed by atoms with Gasteiger partial charge < -0.3 is 26.0 Å². The molecule has 8 heteroatoms. The van der Waals surface area contributed by atoms with Crippen molar-refractivity contribution >= 4 is 17.9 Å². The number of hydrogen-bond acceptors (Lipinski definition) is 5. The average Bonchev–Trinajstić information content (AvgIpc) is 3.34. The minimum Gasteiger partial charge on any atom is -0.444 e. The van der Waals surface area contributed by atoms with Crippen LogP contribution in [-0.2, 0) is 14.3 Å². The summed E-state index contributed by atoms with van der Waals surface area (Å²) in [6.07, 6.45) is 3.80. The normalized spacial score (nSPS) is 20.6. The van der Waals surface area contributed by atoms with Crippen LogP contribution < -0.4 is 16.4 Å². The third-order valence-electron chi connectivity index (χ3n) is 5.06. The number of ether oxygens (including phenoxy) is 1. The third kappa shape index (κ3) is 7.36. The van der Waals surface area contributed by atoms with Gasteiger partial charge >= 0.3 is 6.09 Å². The van der Waals surface area contributed by atoms with Crippen molar-refractivity contribution in [2.24, 2.45) is 11.7 Å². The molecule has 0 spiro atoms. The van der Waals surface area contributed by atoms with E-state index in [0.29, 0.717) is 38.3 Å². The molecule has 2 rings (SSSR count). The van der Waals surface area contributed by atoms with Crippen molar-refractivity contribution in [2.75, 3.05) is 19.6 Å². The van der Waals surface area contributed by atoms with E-state index in [1.165, 1.54) is 0 Å². The highest BCUT2D eigenvalue weighted by Crippen LogP contribution is 2.33. The number of amides is 3. The van der Waals surface area contributed by atoms with Crippen LogP contribution in [0.15, 0.2) is 0 Å². The largest absolute Gasteiger partial charge is 0.444 e. The Morgan fingerprint density at radius 1 is 1.22 bits per heavy atom. The lowest BCUT2D eigenvalue weighted by molar-refractivity contribution is -0.134. The number of carbonyl (C=O) groups is 3. The Morgan fingerprint density at radius 2 is 1.81 bits per heavy atom. The molecule has 1 saturated heterocycles. The van der Waals surface area contributed by atoms with Crippen LogP contribution in [0.25, 0.3) is 0 Å². The zero-order valence-corrected chi connectivity index (χ0v) is 17.0. The molecule has 2 aliphatic rings. The molecule has 0 bridgehead atoms. The first kappa shape index (κ1) is 21.5. The number of nitrogens with zero attached hydrogens (tertiary/aromatic N) is 1. The second-order valence-corrected chi connectivity index (χ2v) is 9.07. The van der Waals surface area contributed by atoms with Gasteiger partial charge in [0.2, 0.25) is 11.8 Å². The molecule has 8 nitrogen and oxygen atoms in total. The molecule has 0 aromatic carbocycles. The summed E-state index contributed by atoms with van der Waals surface area (Å²) in [6.45, 7) is 8.43. The number of hydrogen-bond donors (Lipinski definition) is 3. The van der Waals surface area contributed by atoms with E-state index in [4.69, 9.17) is 10.5 Å². The Labute approximate surface area is 161 Å². The van der Waals surface area contributed by atoms with Crippen LogP contribution in [0.1, 0.15) is 59.8 Å². The minimum atomic E-state index is -0.546. The maximum absolute atomic E-state index is 12.3. The van der Waals surface area contributed by atoms with Gasteiger partial charge in [0.05, 0.1) is 12.6 Å². The van der Waals surface area contributed by atoms with Gasteiger partial charge in [-0.3, -0.25) is 9.59 Å². The van der Waals surface area contributed by atoms with Gasteiger partial charge in [-0.25, -0.2) is 4.79 Å². The molecule has 0 radical (unpaired) electrons. The van der Waals surface area contributed by atoms with E-state index in [0.717, 1.165) is 12.8 Å². The highest BCUT2D eigenvalue weighted by Gasteiger charge is 2.34. The Kier molecular flexibility index (Phi) is 6.72. The predicted octanol–water partition coefficient (Wildman–Crippen LogP) is 1.14. The van der Waals surface area contributed by atoms with Crippen LogP contribution in [-0.4, -0.2) is 59.6 Å². The van der Waals surface area contributed by atoms with Gasteiger partial charge in [-0.05, 0) is 52.9 Å². The van der Waals surface area contributed by atoms with Crippen molar-refractivity contribution in [2.45, 2.75) is 77.0 Å². The zero-order chi connectivity index (χ0) is 20.2. The lowest BCUT2D eigenvalue weighted by Gasteiger charge is -2.40. The van der Waals surface area contributed by atoms with E-state index in [1.54, 1.807) is 4.90 Å². The predicted molar refractivity (Wildman–Crippen MR) is 102 cm³/mol. The molecule has 1 unspecified atom stereocenters. The van der Waals surface area contributed by atoms with Gasteiger partial charge in [-0.15, -0.1) is 0 Å². The summed E-state index contributed by atoms with van der Waals surface area (Å²) < 4.78 is 5.31. The van der Waals surface area contributed by atoms with Crippen LogP contribution in [0.5, 0.6) is 0 Å². The van der Waals surface area contributed by atoms with Gasteiger partial charge in [0.25, 0.3) is 0 Å². The van der Waals surface area contributed by atoms with Gasteiger partial charge in [-0.2, -0.15) is 0 Å². The molecular weight excluding hydrogens is 348 g/mol. The molecule has 0 aromatic heterocycles. The van der Waals surface area contributed by atoms with Gasteiger partial charge in [0.15, 0.2) is 0 Å². The molecule has 0 aromatic rings. The Hall–Kier alpha value is -1.83. The molecule has 1 saturated carbocycles. The second kappa shape index (κ2) is 8.46. The van der Waals surface area contributed by atoms with Gasteiger partial charge in [-0.1, -0.05) is 12.8 Å². The molecule has 1 atom stereocenters. The fraction of sp³-hybridized carbons (Fsp3) is 0.842. The van der Waals surface area contributed by atoms with Crippen molar-refractivity contribution in [3.05, 3.63) is 0 Å². The van der Waals surface area contributed by atoms with E-state index < -0.39 is 23.3 Å². The first-order chi connectivity index (χ1) is 12.5. The van der Waals surface area contributed by atoms with Gasteiger partial charge in [0.1, 0.15) is 5.60 Å². The second-order valence-electron chi connectivity index (χ2n) is 9.07. The van der Waals surface area contributed by atoms with Gasteiger partial charge in [0, 0.05) is 18.6 Å². The molecule has 3 amide bonds. The molecule has 154 valence electrons. The van der Waals surface area contributed by atoms with Crippen molar-refractivity contribution in [3.63, 3.8) is 0 Å². The van der Waals surface area contributed by atoms with Crippen LogP contribution in [0.3, 0.4) is 0 Å². The summed E-state index contributed by atoms with van der Waals surface area (Å²) in [6, 6.07) is -0.534. The maximum Gasteiger partial charge on any atom is 0.408 e. The molecule has 2 fully saturated rings. The van der Waals surface area contributed by atoms with Crippen molar-refractivity contribution in [3.8, 4) is 0 Å². The topological polar surface area (TPSA) is 114 Å². The number of carbonyl (C=O) groups excluding carboxylic acids is 3. The lowest BCUT2D eigenvalue weighted by atomic mass is 9.90. The monoisotopic (exact) mass is 382 g/mol. The molecule has 1 heterocycles. The maximum atomic E-state index is 12.3. The minimum absolute atomic E-state index is 0.0343. The summed E-state index contributed by atoms with van der Waals surface area (Å²) >= 11 is 0. The standard InChI is InChI=1S/C19H34N4O4/c1-18(2,3)27-17(26)22-19(4)7-9-23(10-8-19)15(24)12-21-16(25)14(20)11-13-5-6-13/h13-14H,5-12,20H2,1-4H3,(H,21,25)(H,22,26). The first-order valence-corrected chi connectivity index (χ1v) is 9.80. The molecule has 1 aliphatic carbocycles. The fourth-order valence-electron chi connectivity index (χ4n) is 3.15. The molecule has 1 aliphatic heterocycles. The highest BCUT2D eigenvalue weighted by molar-refractivity contribution is 5.87. The smallest absolute Gasteiger partial charge is 0.408 e. The van der Waals surface area contributed by atoms with Crippen LogP contribution in [0.2, 0.25) is 0 Å². The molecular formula is C19H34N4O4. The summed E-state index contributed by atoms with van der Waals surface area (Å²) in [5.74, 6) is 0.184. The highest BCUT2D eigenvalue weighted by atomic mass is 16.6. The Balaban J connectivity index is 1.71. The molecule has 4 N–H and O–H groups in total. The lowest BCUT2D eigenvalue weighted by Crippen LogP contribution is -2.56. The first-order valence-electron chi connectivity index (χ1n) is 9.80. The average molecular weight is 383 g/mol. The zero-order valence-electron chi connectivity index (χ0n) is 17.0. The van der Waals surface area contributed by atoms with E-state index >= 15 is 0 Å². The quantitative estimate of drug-likeness (QED) is 0.637. The number of alkyl carbamates (subject to hydrolysis) is 1. The molecule has 27 heavy (non-hydrogen) atoms. The van der Waals surface area contributed by atoms with E-state index in [-0.39, 0.29) is 18.4 Å². The number of rotatable bonds is 6. The van der Waals surface area contributed by atoms with E-state index in [2.05, 4.69) is 10.6 Å². The summed E-state index contributed by atoms with van der Waals surface area (Å²) in [5.41, 5.74) is 4.91. The van der Waals surface area contributed by atoms with Crippen molar-refractivity contribution < 1.29 is 19.1 Å². The van der Waals surface area contributed by atoms with Crippen LogP contribution in [0, 0.1) is 5.92 Å². The number of nitrogens with two attached hydrogens (primary N) is 1. The summed E-state index contributed by atoms with van der Waals surface area (Å²) in [5, 5.41) is 5.56. The van der Waals surface area contributed by atoms with E-state index in [1.807, 2.05) is 27.7 Å². The Bertz CT molecular complexity index is 561. The van der Waals surface area contributed by atoms with Crippen molar-refractivity contribution in [1.82, 2.24) is 15.5 Å². The summed E-state index contributed by atoms with van der Waals surface area (Å²) in [4.78, 5) is 38.0. The third-order valence-corrected chi connectivity index (χ3v) is 5.06. The SMILES string of the molecule is CC1(NC(=O)OC(C)(C)C)CCN(C(=O)CNC(=O)C(N)CC2CC2)CC1. The Morgan fingerprint density at radius 3 is 2.33 bits per heavy atom. The van der Waals surface area contributed by atoms with Crippen molar-refractivity contribution in [1.29, 1.82) is 0 Å². The number of likely N-dealkylation sites (tertiary alicyclic amines) is 1. The number of nitrogens with one attached hydrogen (secondary N) is 2. The van der Waals surface area contributed by atoms with Crippen LogP contribution in [0.4, 0.5) is 4.79 Å². The summed E-state index contributed by atoms with van der Waals surface area (Å²) in [7, 11) is 0.